The number of nitrogens with one attached hydrogen (secondary N) is 1. The fraction of sp³-hybridized carbons (Fsp3) is 0.370. The predicted octanol–water partition coefficient (Wildman–Crippen LogP) is 6.57. The van der Waals surface area contributed by atoms with E-state index in [-0.39, 0.29) is 24.8 Å². The number of rotatable bonds is 10. The van der Waals surface area contributed by atoms with E-state index in [9.17, 15) is 23.1 Å². The van der Waals surface area contributed by atoms with E-state index >= 15 is 0 Å². The highest BCUT2D eigenvalue weighted by molar-refractivity contribution is 8.00. The largest absolute Gasteiger partial charge is 0.478 e. The number of aromatic nitrogens is 2. The SMILES string of the molecule is Cc1cccc(C)c1-c1cc(CCC(N)CC2(C(F)(F)F)CC2)nc(NSc2cccc(C(=O)O)c2)n1. The maximum atomic E-state index is 13.4. The molecule has 0 bridgehead atoms. The van der Waals surface area contributed by atoms with Crippen molar-refractivity contribution in [1.29, 1.82) is 0 Å². The first kappa shape index (κ1) is 26.9. The number of anilines is 1. The summed E-state index contributed by atoms with van der Waals surface area (Å²) in [7, 11) is 0. The van der Waals surface area contributed by atoms with Gasteiger partial charge in [0.1, 0.15) is 0 Å². The van der Waals surface area contributed by atoms with Crippen LogP contribution in [0, 0.1) is 19.3 Å². The first-order valence-electron chi connectivity index (χ1n) is 12.0. The molecule has 1 saturated carbocycles. The van der Waals surface area contributed by atoms with Crippen molar-refractivity contribution in [2.24, 2.45) is 11.1 Å². The highest BCUT2D eigenvalue weighted by Crippen LogP contribution is 2.60. The quantitative estimate of drug-likeness (QED) is 0.255. The normalized spacial score (nSPS) is 15.3. The number of carboxylic acid groups (broad SMARTS) is 1. The second-order valence-electron chi connectivity index (χ2n) is 9.65. The molecule has 2 aromatic carbocycles. The van der Waals surface area contributed by atoms with Gasteiger partial charge in [0.25, 0.3) is 0 Å². The molecule has 1 atom stereocenters. The topological polar surface area (TPSA) is 101 Å². The summed E-state index contributed by atoms with van der Waals surface area (Å²) in [5.74, 6) is -0.698. The van der Waals surface area contributed by atoms with Gasteiger partial charge in [0.2, 0.25) is 5.95 Å². The van der Waals surface area contributed by atoms with Crippen molar-refractivity contribution < 1.29 is 23.1 Å². The van der Waals surface area contributed by atoms with Gasteiger partial charge in [-0.15, -0.1) is 0 Å². The number of aryl methyl sites for hydroxylation is 3. The van der Waals surface area contributed by atoms with Crippen molar-refractivity contribution in [3.8, 4) is 11.3 Å². The summed E-state index contributed by atoms with van der Waals surface area (Å²) in [4.78, 5) is 21.2. The van der Waals surface area contributed by atoms with Gasteiger partial charge in [0.15, 0.2) is 0 Å². The molecular formula is C27H29F3N4O2S. The molecule has 1 unspecified atom stereocenters. The van der Waals surface area contributed by atoms with Crippen LogP contribution in [0.1, 0.15) is 52.9 Å². The molecule has 4 rings (SSSR count). The molecule has 1 aromatic heterocycles. The molecule has 1 aliphatic rings. The number of nitrogens with zero attached hydrogens (tertiary/aromatic N) is 2. The zero-order chi connectivity index (χ0) is 26.8. The molecule has 1 fully saturated rings. The van der Waals surface area contributed by atoms with Crippen LogP contribution in [0.4, 0.5) is 19.1 Å². The maximum absolute atomic E-state index is 13.4. The molecule has 0 saturated heterocycles. The monoisotopic (exact) mass is 530 g/mol. The van der Waals surface area contributed by atoms with Crippen molar-refractivity contribution in [2.75, 3.05) is 4.72 Å². The van der Waals surface area contributed by atoms with Crippen LogP contribution >= 0.6 is 11.9 Å². The second kappa shape index (κ2) is 10.7. The fourth-order valence-corrected chi connectivity index (χ4v) is 5.14. The highest BCUT2D eigenvalue weighted by atomic mass is 32.2. The Kier molecular flexibility index (Phi) is 7.80. The Bertz CT molecular complexity index is 1270. The van der Waals surface area contributed by atoms with E-state index in [1.54, 1.807) is 18.2 Å². The first-order valence-corrected chi connectivity index (χ1v) is 12.8. The van der Waals surface area contributed by atoms with Crippen LogP contribution in [0.3, 0.4) is 0 Å². The number of carboxylic acids is 1. The minimum absolute atomic E-state index is 0.0772. The summed E-state index contributed by atoms with van der Waals surface area (Å²) in [5, 5.41) is 9.24. The maximum Gasteiger partial charge on any atom is 0.394 e. The van der Waals surface area contributed by atoms with Crippen LogP contribution < -0.4 is 10.5 Å². The summed E-state index contributed by atoms with van der Waals surface area (Å²) in [6.45, 7) is 3.98. The van der Waals surface area contributed by atoms with E-state index in [1.807, 2.05) is 38.1 Å². The molecule has 0 spiro atoms. The number of alkyl halides is 3. The summed E-state index contributed by atoms with van der Waals surface area (Å²) in [6, 6.07) is 13.7. The summed E-state index contributed by atoms with van der Waals surface area (Å²) in [5.41, 5.74) is 9.08. The lowest BCUT2D eigenvalue weighted by atomic mass is 9.93. The van der Waals surface area contributed by atoms with Gasteiger partial charge in [-0.1, -0.05) is 24.3 Å². The van der Waals surface area contributed by atoms with E-state index < -0.39 is 23.6 Å². The van der Waals surface area contributed by atoms with Gasteiger partial charge in [0.05, 0.1) is 16.7 Å². The zero-order valence-electron chi connectivity index (χ0n) is 20.6. The standard InChI is InChI=1S/C27H29F3N4O2S/c1-16-5-3-6-17(2)23(16)22-14-20(10-9-19(31)15-26(11-12-26)27(28,29)30)32-25(33-22)34-37-21-8-4-7-18(13-21)24(35)36/h3-8,13-14,19H,9-12,15,31H2,1-2H3,(H,35,36)(H,32,33,34). The molecule has 0 radical (unpaired) electrons. The van der Waals surface area contributed by atoms with Gasteiger partial charge in [-0.25, -0.2) is 14.8 Å². The van der Waals surface area contributed by atoms with Gasteiger partial charge in [-0.2, -0.15) is 13.2 Å². The third-order valence-corrected chi connectivity index (χ3v) is 7.51. The van der Waals surface area contributed by atoms with Gasteiger partial charge in [-0.05, 0) is 93.3 Å². The van der Waals surface area contributed by atoms with Crippen LogP contribution in [0.2, 0.25) is 0 Å². The van der Waals surface area contributed by atoms with E-state index in [4.69, 9.17) is 5.73 Å². The van der Waals surface area contributed by atoms with Crippen LogP contribution in [0.5, 0.6) is 0 Å². The lowest BCUT2D eigenvalue weighted by Gasteiger charge is -2.23. The Hall–Kier alpha value is -3.11. The Morgan fingerprint density at radius 1 is 1.14 bits per heavy atom. The van der Waals surface area contributed by atoms with Crippen LogP contribution in [-0.2, 0) is 6.42 Å². The molecule has 4 N–H and O–H groups in total. The Morgan fingerprint density at radius 3 is 2.43 bits per heavy atom. The summed E-state index contributed by atoms with van der Waals surface area (Å²) < 4.78 is 43.2. The molecule has 10 heteroatoms. The number of hydrogen-bond donors (Lipinski definition) is 3. The second-order valence-corrected chi connectivity index (χ2v) is 10.5. The van der Waals surface area contributed by atoms with Crippen molar-refractivity contribution >= 4 is 23.9 Å². The molecule has 1 aliphatic carbocycles. The molecule has 196 valence electrons. The highest BCUT2D eigenvalue weighted by Gasteiger charge is 2.63. The van der Waals surface area contributed by atoms with Crippen molar-refractivity contribution in [3.63, 3.8) is 0 Å². The molecule has 37 heavy (non-hydrogen) atoms. The Morgan fingerprint density at radius 2 is 1.81 bits per heavy atom. The summed E-state index contributed by atoms with van der Waals surface area (Å²) >= 11 is 1.18. The minimum Gasteiger partial charge on any atom is -0.478 e. The molecule has 0 amide bonds. The zero-order valence-corrected chi connectivity index (χ0v) is 21.4. The number of halogens is 3. The van der Waals surface area contributed by atoms with E-state index in [0.717, 1.165) is 16.7 Å². The smallest absolute Gasteiger partial charge is 0.394 e. The van der Waals surface area contributed by atoms with Gasteiger partial charge >= 0.3 is 12.1 Å². The lowest BCUT2D eigenvalue weighted by Crippen LogP contribution is -2.33. The van der Waals surface area contributed by atoms with Crippen LogP contribution in [-0.4, -0.2) is 33.3 Å². The summed E-state index contributed by atoms with van der Waals surface area (Å²) in [6.07, 6.45) is -3.24. The van der Waals surface area contributed by atoms with Gasteiger partial charge in [-0.3, -0.25) is 4.72 Å². The third-order valence-electron chi connectivity index (χ3n) is 6.74. The molecule has 0 aliphatic heterocycles. The number of aromatic carboxylic acids is 1. The number of nitrogens with two attached hydrogens (primary N) is 1. The van der Waals surface area contributed by atoms with Gasteiger partial charge < -0.3 is 10.8 Å². The Balaban J connectivity index is 1.56. The lowest BCUT2D eigenvalue weighted by molar-refractivity contribution is -0.190. The van der Waals surface area contributed by atoms with Crippen LogP contribution in [0.15, 0.2) is 53.4 Å². The van der Waals surface area contributed by atoms with E-state index in [0.29, 0.717) is 35.1 Å². The molecule has 6 nitrogen and oxygen atoms in total. The first-order chi connectivity index (χ1) is 17.5. The van der Waals surface area contributed by atoms with Gasteiger partial charge in [0, 0.05) is 22.2 Å². The number of carbonyl (C=O) groups is 1. The predicted molar refractivity (Wildman–Crippen MR) is 138 cm³/mol. The molecule has 1 heterocycles. The van der Waals surface area contributed by atoms with Crippen molar-refractivity contribution in [3.05, 3.63) is 70.9 Å². The van der Waals surface area contributed by atoms with E-state index in [1.165, 1.54) is 18.0 Å². The molecular weight excluding hydrogens is 501 g/mol. The average molecular weight is 531 g/mol. The van der Waals surface area contributed by atoms with Crippen LogP contribution in [0.25, 0.3) is 11.3 Å². The minimum atomic E-state index is -4.22. The molecule has 3 aromatic rings. The van der Waals surface area contributed by atoms with E-state index in [2.05, 4.69) is 14.7 Å². The van der Waals surface area contributed by atoms with Crippen molar-refractivity contribution in [1.82, 2.24) is 9.97 Å². The van der Waals surface area contributed by atoms with Crippen molar-refractivity contribution in [2.45, 2.75) is 63.1 Å². The average Bonchev–Trinajstić information content (AvgIpc) is 3.62. The number of benzene rings is 2. The number of hydrogen-bond acceptors (Lipinski definition) is 6. The fourth-order valence-electron chi connectivity index (χ4n) is 4.51. The Labute approximate surface area is 218 Å². The third kappa shape index (κ3) is 6.42.